The molecule has 0 aromatic heterocycles. The van der Waals surface area contributed by atoms with Crippen molar-refractivity contribution < 1.29 is 9.90 Å². The van der Waals surface area contributed by atoms with E-state index in [2.05, 4.69) is 19.9 Å². The van der Waals surface area contributed by atoms with Crippen LogP contribution in [0.25, 0.3) is 0 Å². The highest BCUT2D eigenvalue weighted by molar-refractivity contribution is 6.01. The smallest absolute Gasteiger partial charge is 0.178 e. The van der Waals surface area contributed by atoms with Crippen LogP contribution in [0.3, 0.4) is 0 Å². The first-order valence-electron chi connectivity index (χ1n) is 8.57. The first kappa shape index (κ1) is 13.8. The molecule has 2 heteroatoms. The second-order valence-electron chi connectivity index (χ2n) is 8.24. The van der Waals surface area contributed by atoms with Gasteiger partial charge in [0.2, 0.25) is 0 Å². The Kier molecular flexibility index (Phi) is 2.83. The Bertz CT molecular complexity index is 546. The Morgan fingerprint density at radius 2 is 1.95 bits per heavy atom. The lowest BCUT2D eigenvalue weighted by Gasteiger charge is -2.56. The highest BCUT2D eigenvalue weighted by Crippen LogP contribution is 2.64. The largest absolute Gasteiger partial charge is 0.393 e. The molecule has 4 aliphatic carbocycles. The summed E-state index contributed by atoms with van der Waals surface area (Å²) in [6, 6.07) is 0. The monoisotopic (exact) mass is 286 g/mol. The van der Waals surface area contributed by atoms with Gasteiger partial charge in [-0.1, -0.05) is 25.5 Å². The minimum Gasteiger partial charge on any atom is -0.393 e. The molecular formula is C19H26O2. The maximum Gasteiger partial charge on any atom is 0.178 e. The van der Waals surface area contributed by atoms with Crippen molar-refractivity contribution in [1.82, 2.24) is 0 Å². The molecule has 2 nitrogen and oxygen atoms in total. The van der Waals surface area contributed by atoms with Gasteiger partial charge < -0.3 is 5.11 Å². The van der Waals surface area contributed by atoms with Crippen LogP contribution in [0, 0.1) is 28.6 Å². The Hall–Kier alpha value is -0.890. The molecule has 0 aromatic carbocycles. The Balaban J connectivity index is 1.70. The summed E-state index contributed by atoms with van der Waals surface area (Å²) in [6.45, 7) is 4.66. The molecule has 0 bridgehead atoms. The van der Waals surface area contributed by atoms with Crippen LogP contribution >= 0.6 is 0 Å². The van der Waals surface area contributed by atoms with Crippen molar-refractivity contribution >= 4 is 5.78 Å². The van der Waals surface area contributed by atoms with Gasteiger partial charge in [0.1, 0.15) is 0 Å². The molecule has 4 rings (SSSR count). The van der Waals surface area contributed by atoms with Gasteiger partial charge in [-0.25, -0.2) is 0 Å². The zero-order valence-electron chi connectivity index (χ0n) is 13.1. The molecule has 1 N–H and O–H groups in total. The zero-order chi connectivity index (χ0) is 14.8. The molecule has 0 unspecified atom stereocenters. The van der Waals surface area contributed by atoms with Crippen molar-refractivity contribution in [2.75, 3.05) is 0 Å². The molecule has 4 aliphatic rings. The topological polar surface area (TPSA) is 37.3 Å². The predicted octanol–water partition coefficient (Wildman–Crippen LogP) is 3.66. The first-order valence-corrected chi connectivity index (χ1v) is 8.57. The van der Waals surface area contributed by atoms with E-state index in [9.17, 15) is 9.90 Å². The van der Waals surface area contributed by atoms with E-state index >= 15 is 0 Å². The summed E-state index contributed by atoms with van der Waals surface area (Å²) in [5, 5.41) is 10.4. The quantitative estimate of drug-likeness (QED) is 0.738. The van der Waals surface area contributed by atoms with Crippen molar-refractivity contribution in [1.29, 1.82) is 0 Å². The van der Waals surface area contributed by atoms with Crippen LogP contribution in [0.15, 0.2) is 23.8 Å². The number of carbonyl (C=O) groups is 1. The number of allylic oxidation sites excluding steroid dienone is 4. The second-order valence-corrected chi connectivity index (χ2v) is 8.24. The molecule has 6 atom stereocenters. The van der Waals surface area contributed by atoms with Crippen LogP contribution in [0.5, 0.6) is 0 Å². The molecule has 0 heterocycles. The fourth-order valence-corrected chi connectivity index (χ4v) is 6.17. The summed E-state index contributed by atoms with van der Waals surface area (Å²) in [6.07, 6.45) is 12.6. The van der Waals surface area contributed by atoms with Gasteiger partial charge in [-0.3, -0.25) is 4.79 Å². The Morgan fingerprint density at radius 1 is 1.14 bits per heavy atom. The van der Waals surface area contributed by atoms with Gasteiger partial charge in [0.15, 0.2) is 5.78 Å². The maximum absolute atomic E-state index is 11.7. The molecule has 3 fully saturated rings. The van der Waals surface area contributed by atoms with Gasteiger partial charge in [-0.2, -0.15) is 0 Å². The van der Waals surface area contributed by atoms with Crippen LogP contribution in [0.4, 0.5) is 0 Å². The van der Waals surface area contributed by atoms with Crippen LogP contribution in [0.1, 0.15) is 52.4 Å². The normalized spacial score (nSPS) is 52.0. The third kappa shape index (κ3) is 1.72. The van der Waals surface area contributed by atoms with Crippen molar-refractivity contribution in [3.63, 3.8) is 0 Å². The highest BCUT2D eigenvalue weighted by atomic mass is 16.3. The molecule has 0 spiro atoms. The van der Waals surface area contributed by atoms with Gasteiger partial charge in [0.25, 0.3) is 0 Å². The number of fused-ring (bicyclic) bond motifs is 5. The lowest BCUT2D eigenvalue weighted by Crippen LogP contribution is -2.50. The number of ketones is 1. The van der Waals surface area contributed by atoms with Gasteiger partial charge in [-0.05, 0) is 73.8 Å². The average Bonchev–Trinajstić information content (AvgIpc) is 2.76. The van der Waals surface area contributed by atoms with Crippen molar-refractivity contribution in [2.24, 2.45) is 28.6 Å². The van der Waals surface area contributed by atoms with E-state index in [1.54, 1.807) is 6.08 Å². The van der Waals surface area contributed by atoms with Crippen LogP contribution in [-0.4, -0.2) is 17.0 Å². The standard InChI is InChI=1S/C19H26O2/c1-18-9-7-13(20)11-12(18)3-4-14-15-5-6-17(21)19(15,2)10-8-16(14)18/h7,9,11,14-17,21H,3-6,8,10H2,1-2H3/t14-,15+,16+,17-,18+,19-/m0/s1. The summed E-state index contributed by atoms with van der Waals surface area (Å²) in [7, 11) is 0. The molecule has 21 heavy (non-hydrogen) atoms. The number of carbonyl (C=O) groups excluding carboxylic acids is 1. The Labute approximate surface area is 127 Å². The van der Waals surface area contributed by atoms with Crippen molar-refractivity contribution in [2.45, 2.75) is 58.5 Å². The Morgan fingerprint density at radius 3 is 2.76 bits per heavy atom. The fraction of sp³-hybridized carbons (Fsp3) is 0.737. The SMILES string of the molecule is C[C@]12CC[C@@H]3[C@@H](CCC4=CC(=O)C=C[C@]43C)[C@H]1CC[C@@H]2O. The molecule has 0 amide bonds. The molecule has 0 saturated heterocycles. The van der Waals surface area contributed by atoms with Crippen LogP contribution < -0.4 is 0 Å². The van der Waals surface area contributed by atoms with Crippen LogP contribution in [-0.2, 0) is 4.79 Å². The van der Waals surface area contributed by atoms with Gasteiger partial charge in [0, 0.05) is 5.41 Å². The molecule has 114 valence electrons. The number of aliphatic hydroxyl groups is 1. The molecule has 0 aromatic rings. The molecule has 0 radical (unpaired) electrons. The summed E-state index contributed by atoms with van der Waals surface area (Å²) >= 11 is 0. The summed E-state index contributed by atoms with van der Waals surface area (Å²) in [5.41, 5.74) is 1.59. The summed E-state index contributed by atoms with van der Waals surface area (Å²) < 4.78 is 0. The van der Waals surface area contributed by atoms with Gasteiger partial charge in [-0.15, -0.1) is 0 Å². The summed E-state index contributed by atoms with van der Waals surface area (Å²) in [4.78, 5) is 11.7. The van der Waals surface area contributed by atoms with E-state index in [4.69, 9.17) is 0 Å². The van der Waals surface area contributed by atoms with Crippen molar-refractivity contribution in [3.05, 3.63) is 23.8 Å². The first-order chi connectivity index (χ1) is 9.95. The van der Waals surface area contributed by atoms with E-state index in [-0.39, 0.29) is 22.7 Å². The van der Waals surface area contributed by atoms with Crippen molar-refractivity contribution in [3.8, 4) is 0 Å². The number of aliphatic hydroxyl groups excluding tert-OH is 1. The van der Waals surface area contributed by atoms with E-state index < -0.39 is 0 Å². The van der Waals surface area contributed by atoms with E-state index in [0.29, 0.717) is 11.8 Å². The third-order valence-electron chi connectivity index (χ3n) is 7.51. The van der Waals surface area contributed by atoms with Gasteiger partial charge in [0.05, 0.1) is 6.10 Å². The number of hydrogen-bond donors (Lipinski definition) is 1. The zero-order valence-corrected chi connectivity index (χ0v) is 13.1. The van der Waals surface area contributed by atoms with E-state index in [1.165, 1.54) is 24.8 Å². The average molecular weight is 286 g/mol. The lowest BCUT2D eigenvalue weighted by atomic mass is 9.48. The number of rotatable bonds is 0. The van der Waals surface area contributed by atoms with Crippen LogP contribution in [0.2, 0.25) is 0 Å². The minimum atomic E-state index is -0.100. The minimum absolute atomic E-state index is 0.0890. The lowest BCUT2D eigenvalue weighted by molar-refractivity contribution is -0.111. The predicted molar refractivity (Wildman–Crippen MR) is 82.6 cm³/mol. The maximum atomic E-state index is 11.7. The summed E-state index contributed by atoms with van der Waals surface area (Å²) in [5.74, 6) is 2.22. The molecule has 3 saturated carbocycles. The van der Waals surface area contributed by atoms with E-state index in [1.807, 2.05) is 6.08 Å². The second kappa shape index (κ2) is 4.32. The molecular weight excluding hydrogens is 260 g/mol. The van der Waals surface area contributed by atoms with Gasteiger partial charge >= 0.3 is 0 Å². The molecule has 0 aliphatic heterocycles. The highest BCUT2D eigenvalue weighted by Gasteiger charge is 2.58. The number of hydrogen-bond acceptors (Lipinski definition) is 2. The fourth-order valence-electron chi connectivity index (χ4n) is 6.17. The van der Waals surface area contributed by atoms with E-state index in [0.717, 1.165) is 25.2 Å². The third-order valence-corrected chi connectivity index (χ3v) is 7.51.